The molecule has 33 heavy (non-hydrogen) atoms. The molecule has 2 heterocycles. The Morgan fingerprint density at radius 2 is 1.73 bits per heavy atom. The number of carbonyl (C=O) groups is 1. The molecule has 3 aromatic rings. The van der Waals surface area contributed by atoms with Crippen LogP contribution in [0.15, 0.2) is 53.9 Å². The number of piperazine rings is 1. The van der Waals surface area contributed by atoms with Crippen molar-refractivity contribution in [2.45, 2.75) is 12.8 Å². The van der Waals surface area contributed by atoms with Crippen LogP contribution in [-0.4, -0.2) is 48.3 Å². The molecule has 1 aromatic heterocycles. The summed E-state index contributed by atoms with van der Waals surface area (Å²) in [6.45, 7) is 2.74. The van der Waals surface area contributed by atoms with Crippen molar-refractivity contribution in [2.75, 3.05) is 36.4 Å². The number of rotatable bonds is 6. The first-order chi connectivity index (χ1) is 15.7. The Morgan fingerprint density at radius 1 is 1.06 bits per heavy atom. The van der Waals surface area contributed by atoms with E-state index in [-0.39, 0.29) is 18.1 Å². The molecule has 0 saturated carbocycles. The SMILES string of the molecule is O=C(Cc1csc(Nc2ccc(OC(F)(F)F)cc2)n1)N1CCN(c2ccc(Cl)cc2)CC1. The van der Waals surface area contributed by atoms with E-state index < -0.39 is 6.36 Å². The van der Waals surface area contributed by atoms with E-state index >= 15 is 0 Å². The van der Waals surface area contributed by atoms with E-state index in [2.05, 4.69) is 19.9 Å². The highest BCUT2D eigenvalue weighted by molar-refractivity contribution is 7.13. The molecule has 0 atom stereocenters. The zero-order valence-electron chi connectivity index (χ0n) is 17.3. The van der Waals surface area contributed by atoms with Gasteiger partial charge in [-0.05, 0) is 48.5 Å². The number of halogens is 4. The number of nitrogens with zero attached hydrogens (tertiary/aromatic N) is 3. The van der Waals surface area contributed by atoms with Gasteiger partial charge in [-0.15, -0.1) is 24.5 Å². The molecule has 174 valence electrons. The maximum Gasteiger partial charge on any atom is 0.573 e. The Labute approximate surface area is 197 Å². The third-order valence-corrected chi connectivity index (χ3v) is 6.11. The topological polar surface area (TPSA) is 57.7 Å². The third kappa shape index (κ3) is 6.52. The van der Waals surface area contributed by atoms with Gasteiger partial charge in [0.05, 0.1) is 12.1 Å². The normalized spacial score (nSPS) is 14.3. The predicted octanol–water partition coefficient (Wildman–Crippen LogP) is 5.33. The van der Waals surface area contributed by atoms with Crippen LogP contribution in [0.5, 0.6) is 5.75 Å². The first kappa shape index (κ1) is 23.2. The van der Waals surface area contributed by atoms with Crippen LogP contribution in [0.2, 0.25) is 5.02 Å². The summed E-state index contributed by atoms with van der Waals surface area (Å²) in [4.78, 5) is 21.2. The Balaban J connectivity index is 1.27. The Kier molecular flexibility index (Phi) is 6.94. The van der Waals surface area contributed by atoms with Gasteiger partial charge in [-0.2, -0.15) is 0 Å². The van der Waals surface area contributed by atoms with Crippen molar-refractivity contribution in [1.82, 2.24) is 9.88 Å². The number of alkyl halides is 3. The van der Waals surface area contributed by atoms with Crippen molar-refractivity contribution in [3.63, 3.8) is 0 Å². The van der Waals surface area contributed by atoms with Gasteiger partial charge in [0.2, 0.25) is 5.91 Å². The van der Waals surface area contributed by atoms with Crippen LogP contribution in [-0.2, 0) is 11.2 Å². The van der Waals surface area contributed by atoms with Gasteiger partial charge in [0.1, 0.15) is 5.75 Å². The molecule has 2 aromatic carbocycles. The summed E-state index contributed by atoms with van der Waals surface area (Å²) in [6, 6.07) is 13.0. The van der Waals surface area contributed by atoms with Gasteiger partial charge in [-0.25, -0.2) is 4.98 Å². The van der Waals surface area contributed by atoms with Crippen molar-refractivity contribution in [2.24, 2.45) is 0 Å². The maximum absolute atomic E-state index is 12.7. The molecule has 4 rings (SSSR count). The molecule has 0 bridgehead atoms. The molecule has 1 saturated heterocycles. The molecular formula is C22H20ClF3N4O2S. The van der Waals surface area contributed by atoms with Gasteiger partial charge in [-0.3, -0.25) is 4.79 Å². The van der Waals surface area contributed by atoms with Gasteiger partial charge in [-0.1, -0.05) is 11.6 Å². The minimum Gasteiger partial charge on any atom is -0.406 e. The summed E-state index contributed by atoms with van der Waals surface area (Å²) in [6.07, 6.45) is -4.54. The molecule has 0 radical (unpaired) electrons. The lowest BCUT2D eigenvalue weighted by Crippen LogP contribution is -2.49. The number of ether oxygens (including phenoxy) is 1. The van der Waals surface area contributed by atoms with Crippen LogP contribution in [0.25, 0.3) is 0 Å². The van der Waals surface area contributed by atoms with E-state index in [0.29, 0.717) is 34.6 Å². The molecule has 1 amide bonds. The number of thiazole rings is 1. The van der Waals surface area contributed by atoms with Crippen molar-refractivity contribution in [1.29, 1.82) is 0 Å². The van der Waals surface area contributed by atoms with E-state index in [4.69, 9.17) is 11.6 Å². The number of amides is 1. The third-order valence-electron chi connectivity index (χ3n) is 5.05. The smallest absolute Gasteiger partial charge is 0.406 e. The van der Waals surface area contributed by atoms with E-state index in [1.807, 2.05) is 29.2 Å². The fourth-order valence-electron chi connectivity index (χ4n) is 3.44. The predicted molar refractivity (Wildman–Crippen MR) is 122 cm³/mol. The quantitative estimate of drug-likeness (QED) is 0.500. The molecule has 0 unspecified atom stereocenters. The van der Waals surface area contributed by atoms with Crippen LogP contribution in [0, 0.1) is 0 Å². The first-order valence-corrected chi connectivity index (χ1v) is 11.4. The second-order valence-corrected chi connectivity index (χ2v) is 8.66. The van der Waals surface area contributed by atoms with E-state index in [1.165, 1.54) is 35.6 Å². The van der Waals surface area contributed by atoms with E-state index in [1.54, 1.807) is 5.38 Å². The second kappa shape index (κ2) is 9.88. The fourth-order valence-corrected chi connectivity index (χ4v) is 4.30. The average molecular weight is 497 g/mol. The highest BCUT2D eigenvalue weighted by atomic mass is 35.5. The molecule has 0 spiro atoms. The summed E-state index contributed by atoms with van der Waals surface area (Å²) >= 11 is 7.27. The number of aromatic nitrogens is 1. The molecule has 1 N–H and O–H groups in total. The van der Waals surface area contributed by atoms with Crippen LogP contribution < -0.4 is 15.0 Å². The summed E-state index contributed by atoms with van der Waals surface area (Å²) in [5.74, 6) is -0.286. The van der Waals surface area contributed by atoms with Gasteiger partial charge in [0, 0.05) is 48.0 Å². The van der Waals surface area contributed by atoms with E-state index in [0.717, 1.165) is 18.8 Å². The zero-order chi connectivity index (χ0) is 23.4. The summed E-state index contributed by atoms with van der Waals surface area (Å²) in [5, 5.41) is 6.06. The molecule has 1 aliphatic heterocycles. The summed E-state index contributed by atoms with van der Waals surface area (Å²) in [5.41, 5.74) is 2.29. The van der Waals surface area contributed by atoms with Crippen LogP contribution in [0.1, 0.15) is 5.69 Å². The van der Waals surface area contributed by atoms with E-state index in [9.17, 15) is 18.0 Å². The minimum absolute atomic E-state index is 0.0104. The number of hydrogen-bond acceptors (Lipinski definition) is 6. The monoisotopic (exact) mass is 496 g/mol. The number of anilines is 3. The number of benzene rings is 2. The van der Waals surface area contributed by atoms with Gasteiger partial charge < -0.3 is 19.9 Å². The molecule has 0 aliphatic carbocycles. The average Bonchev–Trinajstić information content (AvgIpc) is 3.21. The van der Waals surface area contributed by atoms with Gasteiger partial charge in [0.15, 0.2) is 5.13 Å². The highest BCUT2D eigenvalue weighted by Gasteiger charge is 2.31. The van der Waals surface area contributed by atoms with Crippen LogP contribution in [0.4, 0.5) is 29.7 Å². The lowest BCUT2D eigenvalue weighted by atomic mass is 10.2. The lowest BCUT2D eigenvalue weighted by Gasteiger charge is -2.36. The molecule has 11 heteroatoms. The second-order valence-electron chi connectivity index (χ2n) is 7.36. The van der Waals surface area contributed by atoms with Crippen molar-refractivity contribution in [3.05, 3.63) is 64.6 Å². The van der Waals surface area contributed by atoms with Gasteiger partial charge in [0.25, 0.3) is 0 Å². The Hall–Kier alpha value is -2.98. The number of carbonyl (C=O) groups excluding carboxylic acids is 1. The van der Waals surface area contributed by atoms with Crippen molar-refractivity contribution in [3.8, 4) is 5.75 Å². The Bertz CT molecular complexity index is 1080. The maximum atomic E-state index is 12.7. The minimum atomic E-state index is -4.73. The number of nitrogens with one attached hydrogen (secondary N) is 1. The summed E-state index contributed by atoms with van der Waals surface area (Å²) in [7, 11) is 0. The zero-order valence-corrected chi connectivity index (χ0v) is 18.9. The Morgan fingerprint density at radius 3 is 2.36 bits per heavy atom. The molecule has 1 aliphatic rings. The molecule has 6 nitrogen and oxygen atoms in total. The summed E-state index contributed by atoms with van der Waals surface area (Å²) < 4.78 is 40.6. The van der Waals surface area contributed by atoms with Crippen molar-refractivity contribution >= 4 is 45.4 Å². The van der Waals surface area contributed by atoms with Crippen molar-refractivity contribution < 1.29 is 22.7 Å². The number of hydrogen-bond donors (Lipinski definition) is 1. The van der Waals surface area contributed by atoms with Crippen LogP contribution in [0.3, 0.4) is 0 Å². The molecule has 1 fully saturated rings. The lowest BCUT2D eigenvalue weighted by molar-refractivity contribution is -0.274. The largest absolute Gasteiger partial charge is 0.573 e. The van der Waals surface area contributed by atoms with Crippen LogP contribution >= 0.6 is 22.9 Å². The highest BCUT2D eigenvalue weighted by Crippen LogP contribution is 2.27. The standard InChI is InChI=1S/C22H20ClF3N4O2S/c23-15-1-5-18(6-2-15)29-9-11-30(12-10-29)20(31)13-17-14-33-21(28-17)27-16-3-7-19(8-4-16)32-22(24,25)26/h1-8,14H,9-13H2,(H,27,28). The first-order valence-electron chi connectivity index (χ1n) is 10.1. The van der Waals surface area contributed by atoms with Gasteiger partial charge >= 0.3 is 6.36 Å². The fraction of sp³-hybridized carbons (Fsp3) is 0.273. The molecular weight excluding hydrogens is 477 g/mol.